The molecule has 0 saturated heterocycles. The van der Waals surface area contributed by atoms with Crippen LogP contribution < -0.4 is 0 Å². The van der Waals surface area contributed by atoms with Crippen molar-refractivity contribution in [2.24, 2.45) is 0 Å². The van der Waals surface area contributed by atoms with E-state index in [9.17, 15) is 0 Å². The van der Waals surface area contributed by atoms with Gasteiger partial charge in [0.25, 0.3) is 0 Å². The largest absolute Gasteiger partial charge is 2.00 e. The fourth-order valence-electron chi connectivity index (χ4n) is 0. The molecule has 4 heavy (non-hydrogen) atoms. The Balaban J connectivity index is 0. The standard InChI is InChI=1S/Ca.Cu.2O/q2*+2;2*-2. The zero-order valence-corrected chi connectivity index (χ0v) is 4.98. The average Bonchev–Trinajstić information content (AvgIpc) is 0. The normalized spacial score (nSPS) is 0. The summed E-state index contributed by atoms with van der Waals surface area (Å²) in [5.41, 5.74) is 0. The van der Waals surface area contributed by atoms with Crippen molar-refractivity contribution in [1.29, 1.82) is 0 Å². The van der Waals surface area contributed by atoms with Crippen LogP contribution in [0, 0.1) is 0 Å². The minimum atomic E-state index is 0. The maximum Gasteiger partial charge on any atom is 2.00 e. The molecular formula is CaCuO2. The average molecular weight is 136 g/mol. The Labute approximate surface area is 65.0 Å². The van der Waals surface area contributed by atoms with Crippen LogP contribution in [0.25, 0.3) is 0 Å². The van der Waals surface area contributed by atoms with Gasteiger partial charge in [0, 0.05) is 0 Å². The van der Waals surface area contributed by atoms with Gasteiger partial charge >= 0.3 is 54.8 Å². The summed E-state index contributed by atoms with van der Waals surface area (Å²) in [5.74, 6) is 0. The van der Waals surface area contributed by atoms with Crippen molar-refractivity contribution in [1.82, 2.24) is 0 Å². The molecule has 0 N–H and O–H groups in total. The van der Waals surface area contributed by atoms with E-state index in [0.717, 1.165) is 0 Å². The summed E-state index contributed by atoms with van der Waals surface area (Å²) in [5, 5.41) is 0. The second kappa shape index (κ2) is 22.3. The fourth-order valence-corrected chi connectivity index (χ4v) is 0. The van der Waals surface area contributed by atoms with Crippen LogP contribution in [0.5, 0.6) is 0 Å². The van der Waals surface area contributed by atoms with E-state index in [1.807, 2.05) is 0 Å². The molecule has 0 aliphatic carbocycles. The molecule has 0 aromatic carbocycles. The quantitative estimate of drug-likeness (QED) is 0.398. The van der Waals surface area contributed by atoms with Crippen molar-refractivity contribution in [3.05, 3.63) is 0 Å². The first-order valence-corrected chi connectivity index (χ1v) is 0. The van der Waals surface area contributed by atoms with Gasteiger partial charge in [-0.25, -0.2) is 0 Å². The molecule has 0 aliphatic heterocycles. The Kier molecular flexibility index (Phi) is 243. The molecule has 1 radical (unpaired) electrons. The van der Waals surface area contributed by atoms with Gasteiger partial charge in [-0.15, -0.1) is 0 Å². The van der Waals surface area contributed by atoms with Crippen LogP contribution in [-0.2, 0) is 28.0 Å². The molecule has 25 valence electrons. The molecule has 0 bridgehead atoms. The first-order valence-electron chi connectivity index (χ1n) is 0. The van der Waals surface area contributed by atoms with Crippen LogP contribution in [0.3, 0.4) is 0 Å². The Morgan fingerprint density at radius 2 is 0.750 bits per heavy atom. The summed E-state index contributed by atoms with van der Waals surface area (Å²) in [4.78, 5) is 0. The van der Waals surface area contributed by atoms with Crippen molar-refractivity contribution in [3.8, 4) is 0 Å². The monoisotopic (exact) mass is 135 g/mol. The van der Waals surface area contributed by atoms with Crippen molar-refractivity contribution in [2.45, 2.75) is 0 Å². The fraction of sp³-hybridized carbons (Fsp3) is 0. The number of hydrogen-bond acceptors (Lipinski definition) is 0. The molecule has 0 aliphatic rings. The maximum atomic E-state index is 0. The smallest absolute Gasteiger partial charge is 2.00 e. The van der Waals surface area contributed by atoms with Crippen LogP contribution in [0.4, 0.5) is 0 Å². The van der Waals surface area contributed by atoms with Crippen molar-refractivity contribution in [3.63, 3.8) is 0 Å². The molecule has 0 unspecified atom stereocenters. The van der Waals surface area contributed by atoms with E-state index in [1.165, 1.54) is 0 Å². The first kappa shape index (κ1) is 43.6. The van der Waals surface area contributed by atoms with Gasteiger partial charge < -0.3 is 11.0 Å². The SMILES string of the molecule is [Ca+2].[Cu+2].[O-2].[O-2]. The molecule has 0 fully saturated rings. The van der Waals surface area contributed by atoms with Crippen LogP contribution in [-0.4, -0.2) is 37.7 Å². The number of hydrogen-bond donors (Lipinski definition) is 0. The summed E-state index contributed by atoms with van der Waals surface area (Å²) < 4.78 is 0. The van der Waals surface area contributed by atoms with Crippen molar-refractivity contribution < 1.29 is 28.0 Å². The zero-order chi connectivity index (χ0) is 0. The summed E-state index contributed by atoms with van der Waals surface area (Å²) in [6, 6.07) is 0. The van der Waals surface area contributed by atoms with E-state index < -0.39 is 0 Å². The van der Waals surface area contributed by atoms with Crippen LogP contribution in [0.15, 0.2) is 0 Å². The predicted molar refractivity (Wildman–Crippen MR) is 7.13 cm³/mol. The van der Waals surface area contributed by atoms with E-state index in [0.29, 0.717) is 0 Å². The van der Waals surface area contributed by atoms with E-state index in [2.05, 4.69) is 0 Å². The van der Waals surface area contributed by atoms with Gasteiger partial charge in [-0.05, 0) is 0 Å². The Hall–Kier alpha value is 1.70. The van der Waals surface area contributed by atoms with Gasteiger partial charge in [-0.1, -0.05) is 0 Å². The van der Waals surface area contributed by atoms with Crippen LogP contribution in [0.2, 0.25) is 0 Å². The molecule has 0 rings (SSSR count). The van der Waals surface area contributed by atoms with Gasteiger partial charge in [0.2, 0.25) is 0 Å². The molecular weight excluding hydrogens is 136 g/mol. The molecule has 4 heteroatoms. The minimum absolute atomic E-state index is 0. The molecule has 0 spiro atoms. The van der Waals surface area contributed by atoms with Gasteiger partial charge in [0.15, 0.2) is 0 Å². The molecule has 0 amide bonds. The first-order chi connectivity index (χ1) is 0. The maximum absolute atomic E-state index is 0. The van der Waals surface area contributed by atoms with Gasteiger partial charge in [0.05, 0.1) is 0 Å². The van der Waals surface area contributed by atoms with Gasteiger partial charge in [-0.3, -0.25) is 0 Å². The molecule has 0 saturated carbocycles. The Bertz CT molecular complexity index is 6.00. The summed E-state index contributed by atoms with van der Waals surface area (Å²) in [7, 11) is 0. The number of rotatable bonds is 0. The Morgan fingerprint density at radius 1 is 0.750 bits per heavy atom. The Morgan fingerprint density at radius 3 is 0.750 bits per heavy atom. The van der Waals surface area contributed by atoms with Gasteiger partial charge in [0.1, 0.15) is 0 Å². The topological polar surface area (TPSA) is 57.0 Å². The van der Waals surface area contributed by atoms with E-state index >= 15 is 0 Å². The minimum Gasteiger partial charge on any atom is -2.00 e. The van der Waals surface area contributed by atoms with E-state index in [4.69, 9.17) is 0 Å². The molecule has 2 nitrogen and oxygen atoms in total. The summed E-state index contributed by atoms with van der Waals surface area (Å²) >= 11 is 0. The van der Waals surface area contributed by atoms with Gasteiger partial charge in [-0.2, -0.15) is 0 Å². The van der Waals surface area contributed by atoms with Crippen molar-refractivity contribution in [2.75, 3.05) is 0 Å². The molecule has 0 heterocycles. The molecule has 0 atom stereocenters. The summed E-state index contributed by atoms with van der Waals surface area (Å²) in [6.07, 6.45) is 0. The predicted octanol–water partition coefficient (Wildman–Crippen LogP) is -0.621. The van der Waals surface area contributed by atoms with E-state index in [1.54, 1.807) is 0 Å². The summed E-state index contributed by atoms with van der Waals surface area (Å²) in [6.45, 7) is 0. The second-order valence-electron chi connectivity index (χ2n) is 0. The van der Waals surface area contributed by atoms with Crippen LogP contribution in [0.1, 0.15) is 0 Å². The van der Waals surface area contributed by atoms with Crippen LogP contribution >= 0.6 is 0 Å². The van der Waals surface area contributed by atoms with Crippen molar-refractivity contribution >= 4 is 37.7 Å². The molecule has 0 aromatic heterocycles. The molecule has 0 aromatic rings. The second-order valence-corrected chi connectivity index (χ2v) is 0. The third-order valence-corrected chi connectivity index (χ3v) is 0. The third-order valence-electron chi connectivity index (χ3n) is 0. The third kappa shape index (κ3) is 9.33. The zero-order valence-electron chi connectivity index (χ0n) is 1.83. The van der Waals surface area contributed by atoms with E-state index in [-0.39, 0.29) is 65.8 Å².